The van der Waals surface area contributed by atoms with Gasteiger partial charge in [0.25, 0.3) is 0 Å². The number of rotatable bonds is 4. The van der Waals surface area contributed by atoms with Crippen molar-refractivity contribution in [3.8, 4) is 0 Å². The highest BCUT2D eigenvalue weighted by Gasteiger charge is 2.26. The lowest BCUT2D eigenvalue weighted by Gasteiger charge is -2.26. The van der Waals surface area contributed by atoms with Crippen LogP contribution in [0.15, 0.2) is 24.3 Å². The Labute approximate surface area is 101 Å². The summed E-state index contributed by atoms with van der Waals surface area (Å²) in [7, 11) is 0. The highest BCUT2D eigenvalue weighted by atomic mass is 16.7. The number of benzene rings is 1. The maximum atomic E-state index is 9.37. The van der Waals surface area contributed by atoms with Gasteiger partial charge in [0.2, 0.25) is 0 Å². The van der Waals surface area contributed by atoms with Crippen molar-refractivity contribution in [2.45, 2.75) is 18.6 Å². The fraction of sp³-hybridized carbons (Fsp3) is 0.538. The molecule has 0 spiro atoms. The lowest BCUT2D eigenvalue weighted by Crippen LogP contribution is -2.31. The second-order valence-electron chi connectivity index (χ2n) is 4.58. The van der Waals surface area contributed by atoms with E-state index in [9.17, 15) is 10.2 Å². The Balaban J connectivity index is 2.27. The van der Waals surface area contributed by atoms with Crippen LogP contribution in [0.2, 0.25) is 0 Å². The van der Waals surface area contributed by atoms with Crippen LogP contribution >= 0.6 is 0 Å². The standard InChI is InChI=1S/C13H18O4/c1-13(8-14,9-15)11-4-2-3-10(7-11)12-16-5-6-17-12/h2-4,7,12,14-15H,5-6,8-9H2,1H3. The third-order valence-corrected chi connectivity index (χ3v) is 3.18. The Morgan fingerprint density at radius 1 is 1.24 bits per heavy atom. The molecule has 1 saturated heterocycles. The van der Waals surface area contributed by atoms with Crippen LogP contribution in [0.25, 0.3) is 0 Å². The van der Waals surface area contributed by atoms with E-state index in [4.69, 9.17) is 9.47 Å². The van der Waals surface area contributed by atoms with E-state index in [1.54, 1.807) is 0 Å². The van der Waals surface area contributed by atoms with E-state index < -0.39 is 5.41 Å². The van der Waals surface area contributed by atoms with Crippen molar-refractivity contribution in [3.63, 3.8) is 0 Å². The SMILES string of the molecule is CC(CO)(CO)c1cccc(C2OCCO2)c1. The molecule has 0 atom stereocenters. The van der Waals surface area contributed by atoms with Gasteiger partial charge in [0.05, 0.1) is 26.4 Å². The fourth-order valence-electron chi connectivity index (χ4n) is 1.84. The van der Waals surface area contributed by atoms with Gasteiger partial charge in [-0.25, -0.2) is 0 Å². The lowest BCUT2D eigenvalue weighted by molar-refractivity contribution is -0.0442. The minimum Gasteiger partial charge on any atom is -0.395 e. The molecule has 1 aromatic rings. The van der Waals surface area contributed by atoms with Gasteiger partial charge in [-0.05, 0) is 5.56 Å². The smallest absolute Gasteiger partial charge is 0.184 e. The summed E-state index contributed by atoms with van der Waals surface area (Å²) in [5.41, 5.74) is 1.18. The zero-order chi connectivity index (χ0) is 12.3. The van der Waals surface area contributed by atoms with Crippen molar-refractivity contribution in [2.75, 3.05) is 26.4 Å². The molecule has 0 saturated carbocycles. The minimum atomic E-state index is -0.630. The van der Waals surface area contributed by atoms with Crippen molar-refractivity contribution in [2.24, 2.45) is 0 Å². The van der Waals surface area contributed by atoms with Gasteiger partial charge in [-0.1, -0.05) is 31.2 Å². The molecule has 0 amide bonds. The molecule has 0 aliphatic carbocycles. The van der Waals surface area contributed by atoms with Crippen LogP contribution in [-0.2, 0) is 14.9 Å². The van der Waals surface area contributed by atoms with Gasteiger partial charge >= 0.3 is 0 Å². The predicted molar refractivity (Wildman–Crippen MR) is 62.6 cm³/mol. The van der Waals surface area contributed by atoms with Crippen molar-refractivity contribution < 1.29 is 19.7 Å². The maximum Gasteiger partial charge on any atom is 0.184 e. The van der Waals surface area contributed by atoms with Gasteiger partial charge in [0, 0.05) is 11.0 Å². The zero-order valence-corrected chi connectivity index (χ0v) is 9.93. The molecule has 1 fully saturated rings. The predicted octanol–water partition coefficient (Wildman–Crippen LogP) is 0.974. The van der Waals surface area contributed by atoms with Gasteiger partial charge in [0.15, 0.2) is 6.29 Å². The Morgan fingerprint density at radius 3 is 2.47 bits per heavy atom. The fourth-order valence-corrected chi connectivity index (χ4v) is 1.84. The molecule has 0 aromatic heterocycles. The summed E-state index contributed by atoms with van der Waals surface area (Å²) in [5, 5.41) is 18.7. The highest BCUT2D eigenvalue weighted by molar-refractivity contribution is 5.31. The van der Waals surface area contributed by atoms with E-state index in [0.717, 1.165) is 11.1 Å². The van der Waals surface area contributed by atoms with Crippen molar-refractivity contribution in [1.29, 1.82) is 0 Å². The number of hydrogen-bond acceptors (Lipinski definition) is 4. The third-order valence-electron chi connectivity index (χ3n) is 3.18. The van der Waals surface area contributed by atoms with Crippen molar-refractivity contribution >= 4 is 0 Å². The molecular formula is C13H18O4. The van der Waals surface area contributed by atoms with Crippen LogP contribution < -0.4 is 0 Å². The average molecular weight is 238 g/mol. The van der Waals surface area contributed by atoms with Crippen molar-refractivity contribution in [3.05, 3.63) is 35.4 Å². The van der Waals surface area contributed by atoms with E-state index in [1.807, 2.05) is 31.2 Å². The maximum absolute atomic E-state index is 9.37. The van der Waals surface area contributed by atoms with Crippen LogP contribution in [0.1, 0.15) is 24.3 Å². The van der Waals surface area contributed by atoms with E-state index in [0.29, 0.717) is 13.2 Å². The largest absolute Gasteiger partial charge is 0.395 e. The molecule has 1 aromatic carbocycles. The van der Waals surface area contributed by atoms with Gasteiger partial charge in [-0.2, -0.15) is 0 Å². The summed E-state index contributed by atoms with van der Waals surface area (Å²) in [5.74, 6) is 0. The average Bonchev–Trinajstić information content (AvgIpc) is 2.92. The summed E-state index contributed by atoms with van der Waals surface area (Å²) >= 11 is 0. The molecular weight excluding hydrogens is 220 g/mol. The number of ether oxygens (including phenoxy) is 2. The van der Waals surface area contributed by atoms with Crippen LogP contribution in [0.4, 0.5) is 0 Å². The van der Waals surface area contributed by atoms with E-state index in [1.165, 1.54) is 0 Å². The molecule has 1 aliphatic heterocycles. The molecule has 2 N–H and O–H groups in total. The van der Waals surface area contributed by atoms with Gasteiger partial charge < -0.3 is 19.7 Å². The second-order valence-corrected chi connectivity index (χ2v) is 4.58. The monoisotopic (exact) mass is 238 g/mol. The number of hydrogen-bond donors (Lipinski definition) is 2. The molecule has 17 heavy (non-hydrogen) atoms. The molecule has 0 bridgehead atoms. The van der Waals surface area contributed by atoms with Crippen LogP contribution in [0.5, 0.6) is 0 Å². The summed E-state index contributed by atoms with van der Waals surface area (Å²) in [6, 6.07) is 7.63. The number of aliphatic hydroxyl groups is 2. The van der Waals surface area contributed by atoms with Gasteiger partial charge in [-0.3, -0.25) is 0 Å². The lowest BCUT2D eigenvalue weighted by atomic mass is 9.83. The van der Waals surface area contributed by atoms with Crippen LogP contribution in [0.3, 0.4) is 0 Å². The Hall–Kier alpha value is -0.940. The Morgan fingerprint density at radius 2 is 1.88 bits per heavy atom. The summed E-state index contributed by atoms with van der Waals surface area (Å²) in [6.45, 7) is 2.83. The normalized spacial score (nSPS) is 17.6. The molecule has 1 aliphatic rings. The third kappa shape index (κ3) is 2.50. The first-order chi connectivity index (χ1) is 8.19. The molecule has 2 rings (SSSR count). The number of aliphatic hydroxyl groups excluding tert-OH is 2. The summed E-state index contributed by atoms with van der Waals surface area (Å²) in [4.78, 5) is 0. The Kier molecular flexibility index (Phi) is 3.79. The molecule has 4 nitrogen and oxygen atoms in total. The molecule has 1 heterocycles. The van der Waals surface area contributed by atoms with Crippen LogP contribution in [-0.4, -0.2) is 36.6 Å². The van der Waals surface area contributed by atoms with E-state index in [2.05, 4.69) is 0 Å². The first-order valence-electron chi connectivity index (χ1n) is 5.75. The first kappa shape index (κ1) is 12.5. The topological polar surface area (TPSA) is 58.9 Å². The van der Waals surface area contributed by atoms with Gasteiger partial charge in [0.1, 0.15) is 0 Å². The van der Waals surface area contributed by atoms with Crippen LogP contribution in [0, 0.1) is 0 Å². The molecule has 4 heteroatoms. The highest BCUT2D eigenvalue weighted by Crippen LogP contribution is 2.28. The van der Waals surface area contributed by atoms with E-state index in [-0.39, 0.29) is 19.5 Å². The van der Waals surface area contributed by atoms with Crippen molar-refractivity contribution in [1.82, 2.24) is 0 Å². The Bertz CT molecular complexity index is 367. The first-order valence-corrected chi connectivity index (χ1v) is 5.75. The molecule has 0 radical (unpaired) electrons. The quantitative estimate of drug-likeness (QED) is 0.820. The zero-order valence-electron chi connectivity index (χ0n) is 9.93. The second kappa shape index (κ2) is 5.14. The van der Waals surface area contributed by atoms with Gasteiger partial charge in [-0.15, -0.1) is 0 Å². The summed E-state index contributed by atoms with van der Waals surface area (Å²) in [6.07, 6.45) is -0.323. The molecule has 94 valence electrons. The molecule has 0 unspecified atom stereocenters. The summed E-state index contributed by atoms with van der Waals surface area (Å²) < 4.78 is 10.9. The minimum absolute atomic E-state index is 0.0979. The van der Waals surface area contributed by atoms with E-state index >= 15 is 0 Å².